The van der Waals surface area contributed by atoms with Crippen LogP contribution < -0.4 is 22.1 Å². The van der Waals surface area contributed by atoms with Crippen molar-refractivity contribution in [3.05, 3.63) is 35.9 Å². The molecule has 0 amide bonds. The molecule has 180 valence electrons. The van der Waals surface area contributed by atoms with Crippen LogP contribution in [0, 0.1) is 5.92 Å². The van der Waals surface area contributed by atoms with E-state index >= 15 is 0 Å². The van der Waals surface area contributed by atoms with Crippen LogP contribution >= 0.6 is 0 Å². The van der Waals surface area contributed by atoms with Gasteiger partial charge in [0.15, 0.2) is 0 Å². The van der Waals surface area contributed by atoms with Gasteiger partial charge in [-0.05, 0) is 70.3 Å². The zero-order valence-corrected chi connectivity index (χ0v) is 19.2. The maximum absolute atomic E-state index is 10.6. The fourth-order valence-electron chi connectivity index (χ4n) is 3.53. The average Bonchev–Trinajstić information content (AvgIpc) is 2.79. The quantitative estimate of drug-likeness (QED) is 0.128. The van der Waals surface area contributed by atoms with Crippen molar-refractivity contribution < 1.29 is 14.9 Å². The highest BCUT2D eigenvalue weighted by molar-refractivity contribution is 5.13. The van der Waals surface area contributed by atoms with E-state index in [2.05, 4.69) is 22.8 Å². The molecule has 0 spiro atoms. The molecule has 7 heteroatoms. The Morgan fingerprint density at radius 2 is 1.32 bits per heavy atom. The topological polar surface area (TPSA) is 126 Å². The summed E-state index contributed by atoms with van der Waals surface area (Å²) in [6.45, 7) is 4.13. The summed E-state index contributed by atoms with van der Waals surface area (Å²) in [5.41, 5.74) is 12.3. The van der Waals surface area contributed by atoms with Crippen LogP contribution in [0.3, 0.4) is 0 Å². The summed E-state index contributed by atoms with van der Waals surface area (Å²) < 4.78 is 5.73. The fourth-order valence-corrected chi connectivity index (χ4v) is 3.53. The van der Waals surface area contributed by atoms with Crippen molar-refractivity contribution in [2.24, 2.45) is 17.4 Å². The number of benzene rings is 1. The van der Waals surface area contributed by atoms with Crippen LogP contribution in [0.4, 0.5) is 0 Å². The molecule has 0 aliphatic rings. The van der Waals surface area contributed by atoms with Gasteiger partial charge in [0.25, 0.3) is 0 Å². The van der Waals surface area contributed by atoms with Crippen molar-refractivity contribution in [3.8, 4) is 0 Å². The number of hydrogen-bond donors (Lipinski definition) is 6. The number of nitrogens with one attached hydrogen (secondary N) is 2. The molecule has 2 atom stereocenters. The predicted molar refractivity (Wildman–Crippen MR) is 127 cm³/mol. The Balaban J connectivity index is 2.24. The van der Waals surface area contributed by atoms with Gasteiger partial charge >= 0.3 is 0 Å². The summed E-state index contributed by atoms with van der Waals surface area (Å²) in [5, 5.41) is 27.4. The summed E-state index contributed by atoms with van der Waals surface area (Å²) in [6.07, 6.45) is 7.13. The first kappa shape index (κ1) is 28.0. The third-order valence-corrected chi connectivity index (χ3v) is 5.47. The molecule has 0 bridgehead atoms. The van der Waals surface area contributed by atoms with Gasteiger partial charge in [0.2, 0.25) is 0 Å². The molecule has 31 heavy (non-hydrogen) atoms. The van der Waals surface area contributed by atoms with E-state index in [-0.39, 0.29) is 5.92 Å². The lowest BCUT2D eigenvalue weighted by Gasteiger charge is -2.29. The number of hydrogen-bond acceptors (Lipinski definition) is 7. The van der Waals surface area contributed by atoms with Crippen molar-refractivity contribution in [2.45, 2.75) is 76.9 Å². The predicted octanol–water partition coefficient (Wildman–Crippen LogP) is 2.06. The Bertz CT molecular complexity index is 489. The third-order valence-electron chi connectivity index (χ3n) is 5.47. The van der Waals surface area contributed by atoms with Gasteiger partial charge in [-0.1, -0.05) is 49.6 Å². The maximum atomic E-state index is 10.6. The first-order chi connectivity index (χ1) is 15.2. The molecule has 0 saturated heterocycles. The van der Waals surface area contributed by atoms with E-state index in [1.807, 2.05) is 18.2 Å². The molecule has 0 radical (unpaired) electrons. The van der Waals surface area contributed by atoms with Crippen molar-refractivity contribution in [3.63, 3.8) is 0 Å². The minimum Gasteiger partial charge on any atom is -0.378 e. The van der Waals surface area contributed by atoms with E-state index in [0.717, 1.165) is 64.4 Å². The Labute approximate surface area is 188 Å². The van der Waals surface area contributed by atoms with Crippen LogP contribution in [0.5, 0.6) is 0 Å². The van der Waals surface area contributed by atoms with E-state index in [9.17, 15) is 10.2 Å². The molecular formula is C24H46N4O3. The molecule has 1 aromatic rings. The van der Waals surface area contributed by atoms with E-state index in [1.54, 1.807) is 0 Å². The highest BCUT2D eigenvalue weighted by Gasteiger charge is 2.25. The van der Waals surface area contributed by atoms with Crippen molar-refractivity contribution in [2.75, 3.05) is 32.8 Å². The fraction of sp³-hybridized carbons (Fsp3) is 0.750. The number of aliphatic hydroxyl groups excluding tert-OH is 2. The Kier molecular flexibility index (Phi) is 17.7. The van der Waals surface area contributed by atoms with E-state index in [4.69, 9.17) is 16.2 Å². The third kappa shape index (κ3) is 14.6. The first-order valence-electron chi connectivity index (χ1n) is 12.0. The molecule has 0 saturated carbocycles. The highest BCUT2D eigenvalue weighted by atomic mass is 16.5. The van der Waals surface area contributed by atoms with Gasteiger partial charge in [-0.2, -0.15) is 0 Å². The van der Waals surface area contributed by atoms with E-state index in [1.165, 1.54) is 5.56 Å². The second-order valence-corrected chi connectivity index (χ2v) is 8.19. The summed E-state index contributed by atoms with van der Waals surface area (Å²) >= 11 is 0. The van der Waals surface area contributed by atoms with E-state index < -0.39 is 12.5 Å². The zero-order chi connectivity index (χ0) is 22.6. The molecule has 0 aliphatic carbocycles. The smallest absolute Gasteiger partial charge is 0.111 e. The lowest BCUT2D eigenvalue weighted by Crippen LogP contribution is -2.48. The van der Waals surface area contributed by atoms with Crippen LogP contribution in [0.25, 0.3) is 0 Å². The molecule has 0 aliphatic heterocycles. The van der Waals surface area contributed by atoms with Crippen LogP contribution in [0.2, 0.25) is 0 Å². The number of ether oxygens (including phenoxy) is 1. The Morgan fingerprint density at radius 1 is 0.742 bits per heavy atom. The highest BCUT2D eigenvalue weighted by Crippen LogP contribution is 2.17. The molecule has 1 aromatic carbocycles. The van der Waals surface area contributed by atoms with Crippen molar-refractivity contribution in [1.82, 2.24) is 10.6 Å². The molecule has 0 heterocycles. The summed E-state index contributed by atoms with van der Waals surface area (Å²) in [7, 11) is 0. The minimum absolute atomic E-state index is 0.245. The molecule has 2 unspecified atom stereocenters. The molecule has 1 rings (SSSR count). The number of aliphatic hydroxyl groups is 2. The van der Waals surface area contributed by atoms with Crippen molar-refractivity contribution in [1.29, 1.82) is 0 Å². The molecular weight excluding hydrogens is 392 g/mol. The van der Waals surface area contributed by atoms with Gasteiger partial charge in [0.05, 0.1) is 6.61 Å². The zero-order valence-electron chi connectivity index (χ0n) is 19.2. The largest absolute Gasteiger partial charge is 0.378 e. The maximum Gasteiger partial charge on any atom is 0.111 e. The first-order valence-corrected chi connectivity index (χ1v) is 12.0. The lowest BCUT2D eigenvalue weighted by molar-refractivity contribution is -0.0256. The van der Waals surface area contributed by atoms with Gasteiger partial charge in [-0.25, -0.2) is 0 Å². The number of rotatable bonds is 21. The average molecular weight is 439 g/mol. The monoisotopic (exact) mass is 438 g/mol. The molecule has 7 nitrogen and oxygen atoms in total. The van der Waals surface area contributed by atoms with Gasteiger partial charge in [-0.15, -0.1) is 0 Å². The van der Waals surface area contributed by atoms with Crippen LogP contribution in [-0.4, -0.2) is 55.5 Å². The van der Waals surface area contributed by atoms with Gasteiger partial charge < -0.3 is 26.4 Å². The summed E-state index contributed by atoms with van der Waals surface area (Å²) in [6, 6.07) is 10.2. The minimum atomic E-state index is -0.732. The SMILES string of the molecule is NCCCCNC(O)C(CCCCCCOCc1ccccc1)C(O)NCCCCN. The molecule has 0 fully saturated rings. The van der Waals surface area contributed by atoms with Crippen molar-refractivity contribution >= 4 is 0 Å². The summed E-state index contributed by atoms with van der Waals surface area (Å²) in [4.78, 5) is 0. The van der Waals surface area contributed by atoms with Gasteiger partial charge in [0.1, 0.15) is 12.5 Å². The molecule has 0 aromatic heterocycles. The Hall–Kier alpha value is -1.06. The Morgan fingerprint density at radius 3 is 1.90 bits per heavy atom. The number of nitrogens with two attached hydrogens (primary N) is 2. The number of unbranched alkanes of at least 4 members (excludes halogenated alkanes) is 5. The van der Waals surface area contributed by atoms with Crippen LogP contribution in [0.1, 0.15) is 63.4 Å². The van der Waals surface area contributed by atoms with Gasteiger partial charge in [0, 0.05) is 12.5 Å². The summed E-state index contributed by atoms with van der Waals surface area (Å²) in [5.74, 6) is -0.245. The van der Waals surface area contributed by atoms with Gasteiger partial charge in [-0.3, -0.25) is 10.6 Å². The lowest BCUT2D eigenvalue weighted by atomic mass is 9.96. The van der Waals surface area contributed by atoms with E-state index in [0.29, 0.717) is 32.8 Å². The van der Waals surface area contributed by atoms with Crippen LogP contribution in [0.15, 0.2) is 30.3 Å². The normalized spacial score (nSPS) is 14.5. The standard InChI is InChI=1S/C24H46N4O3/c25-15-7-9-17-27-23(29)22(24(30)28-18-10-8-16-26)14-6-1-2-11-19-31-20-21-12-4-3-5-13-21/h3-5,12-13,22-24,27-30H,1-2,6-11,14-20,25-26H2. The second kappa shape index (κ2) is 19.6. The molecule has 8 N–H and O–H groups in total. The van der Waals surface area contributed by atoms with Crippen LogP contribution in [-0.2, 0) is 11.3 Å². The second-order valence-electron chi connectivity index (χ2n) is 8.19.